The Kier molecular flexibility index (Phi) is 3.33. The van der Waals surface area contributed by atoms with Crippen LogP contribution >= 0.6 is 0 Å². The third kappa shape index (κ3) is 2.14. The third-order valence-electron chi connectivity index (χ3n) is 6.54. The number of hydrogen-bond donors (Lipinski definition) is 1. The molecule has 1 N–H and O–H groups in total. The van der Waals surface area contributed by atoms with Crippen LogP contribution in [0.4, 0.5) is 0 Å². The molecule has 2 aliphatic heterocycles. The molecule has 0 amide bonds. The van der Waals surface area contributed by atoms with Gasteiger partial charge >= 0.3 is 0 Å². The molecule has 4 rings (SSSR count). The fourth-order valence-electron chi connectivity index (χ4n) is 5.04. The van der Waals surface area contributed by atoms with E-state index >= 15 is 0 Å². The molecule has 0 aromatic rings. The maximum atomic E-state index is 3.41. The van der Waals surface area contributed by atoms with Gasteiger partial charge in [0.2, 0.25) is 0 Å². The summed E-state index contributed by atoms with van der Waals surface area (Å²) in [5.74, 6) is 0. The van der Waals surface area contributed by atoms with Crippen LogP contribution in [0.3, 0.4) is 0 Å². The molecule has 108 valence electrons. The summed E-state index contributed by atoms with van der Waals surface area (Å²) in [5.41, 5.74) is 0.762. The van der Waals surface area contributed by atoms with Crippen LogP contribution < -0.4 is 5.32 Å². The molecule has 19 heavy (non-hydrogen) atoms. The highest BCUT2D eigenvalue weighted by atomic mass is 15.3. The lowest BCUT2D eigenvalue weighted by Crippen LogP contribution is -2.65. The largest absolute Gasteiger partial charge is 0.314 e. The van der Waals surface area contributed by atoms with Crippen molar-refractivity contribution < 1.29 is 0 Å². The summed E-state index contributed by atoms with van der Waals surface area (Å²) in [5, 5.41) is 3.41. The number of rotatable bonds is 2. The fourth-order valence-corrected chi connectivity index (χ4v) is 5.04. The predicted octanol–water partition coefficient (Wildman–Crippen LogP) is 1.69. The van der Waals surface area contributed by atoms with Gasteiger partial charge in [0.05, 0.1) is 0 Å². The molecule has 3 heteroatoms. The van der Waals surface area contributed by atoms with E-state index in [2.05, 4.69) is 15.1 Å². The van der Waals surface area contributed by atoms with E-state index < -0.39 is 0 Å². The van der Waals surface area contributed by atoms with Crippen molar-refractivity contribution in [2.45, 2.75) is 57.0 Å². The molecule has 2 saturated heterocycles. The number of nitrogens with one attached hydrogen (secondary N) is 1. The SMILES string of the molecule is C1CCC2(CC1)CCC2N1CCN(C2CNC2)CC1. The van der Waals surface area contributed by atoms with Crippen LogP contribution in [0.15, 0.2) is 0 Å². The average Bonchev–Trinajstić information content (AvgIpc) is 2.39. The first-order chi connectivity index (χ1) is 9.37. The summed E-state index contributed by atoms with van der Waals surface area (Å²) < 4.78 is 0. The van der Waals surface area contributed by atoms with Crippen LogP contribution in [0.2, 0.25) is 0 Å². The molecule has 1 atom stereocenters. The van der Waals surface area contributed by atoms with Crippen molar-refractivity contribution in [1.29, 1.82) is 0 Å². The van der Waals surface area contributed by atoms with Gasteiger partial charge in [-0.2, -0.15) is 0 Å². The van der Waals surface area contributed by atoms with Crippen molar-refractivity contribution in [2.24, 2.45) is 5.41 Å². The van der Waals surface area contributed by atoms with Crippen molar-refractivity contribution in [1.82, 2.24) is 15.1 Å². The minimum Gasteiger partial charge on any atom is -0.314 e. The van der Waals surface area contributed by atoms with Gasteiger partial charge in [0.25, 0.3) is 0 Å². The Morgan fingerprint density at radius 1 is 0.789 bits per heavy atom. The minimum absolute atomic E-state index is 0.762. The molecule has 4 aliphatic rings. The molecule has 1 unspecified atom stereocenters. The Balaban J connectivity index is 1.33. The molecule has 2 saturated carbocycles. The van der Waals surface area contributed by atoms with Gasteiger partial charge < -0.3 is 5.32 Å². The molecule has 0 aromatic carbocycles. The standard InChI is InChI=1S/C16H29N3/c1-2-5-16(6-3-1)7-4-15(16)19-10-8-18(9-11-19)14-12-17-13-14/h14-15,17H,1-13H2. The first-order valence-electron chi connectivity index (χ1n) is 8.56. The summed E-state index contributed by atoms with van der Waals surface area (Å²) in [7, 11) is 0. The average molecular weight is 263 g/mol. The molecular weight excluding hydrogens is 234 g/mol. The Labute approximate surface area is 117 Å². The topological polar surface area (TPSA) is 18.5 Å². The van der Waals surface area contributed by atoms with Gasteiger partial charge in [0.15, 0.2) is 0 Å². The second-order valence-corrected chi connectivity index (χ2v) is 7.36. The first-order valence-corrected chi connectivity index (χ1v) is 8.56. The van der Waals surface area contributed by atoms with E-state index in [1.165, 1.54) is 84.2 Å². The quantitative estimate of drug-likeness (QED) is 0.818. The van der Waals surface area contributed by atoms with Crippen LogP contribution in [-0.4, -0.2) is 61.2 Å². The number of nitrogens with zero attached hydrogens (tertiary/aromatic N) is 2. The highest BCUT2D eigenvalue weighted by molar-refractivity contribution is 5.03. The third-order valence-corrected chi connectivity index (χ3v) is 6.54. The fraction of sp³-hybridized carbons (Fsp3) is 1.00. The molecule has 2 heterocycles. The van der Waals surface area contributed by atoms with Gasteiger partial charge in [-0.25, -0.2) is 0 Å². The second kappa shape index (κ2) is 5.01. The Morgan fingerprint density at radius 2 is 1.47 bits per heavy atom. The normalized spacial score (nSPS) is 36.9. The van der Waals surface area contributed by atoms with E-state index in [0.717, 1.165) is 17.5 Å². The van der Waals surface area contributed by atoms with Crippen LogP contribution in [0.1, 0.15) is 44.9 Å². The highest BCUT2D eigenvalue weighted by Gasteiger charge is 2.49. The summed E-state index contributed by atoms with van der Waals surface area (Å²) in [6, 6.07) is 1.81. The lowest BCUT2D eigenvalue weighted by atomic mass is 9.57. The molecular formula is C16H29N3. The van der Waals surface area contributed by atoms with Gasteiger partial charge in [-0.3, -0.25) is 9.80 Å². The second-order valence-electron chi connectivity index (χ2n) is 7.36. The highest BCUT2D eigenvalue weighted by Crippen LogP contribution is 2.53. The molecule has 0 radical (unpaired) electrons. The maximum absolute atomic E-state index is 3.41. The molecule has 0 bridgehead atoms. The van der Waals surface area contributed by atoms with Crippen molar-refractivity contribution in [3.05, 3.63) is 0 Å². The zero-order valence-electron chi connectivity index (χ0n) is 12.2. The van der Waals surface area contributed by atoms with E-state index in [1.807, 2.05) is 0 Å². The summed E-state index contributed by atoms with van der Waals surface area (Å²) in [6.07, 6.45) is 10.6. The predicted molar refractivity (Wildman–Crippen MR) is 78.3 cm³/mol. The van der Waals surface area contributed by atoms with Gasteiger partial charge in [-0.15, -0.1) is 0 Å². The van der Waals surface area contributed by atoms with Gasteiger partial charge in [0.1, 0.15) is 0 Å². The Bertz CT molecular complexity index is 312. The molecule has 4 fully saturated rings. The number of hydrogen-bond acceptors (Lipinski definition) is 3. The van der Waals surface area contributed by atoms with E-state index in [4.69, 9.17) is 0 Å². The zero-order chi connectivity index (χ0) is 12.7. The van der Waals surface area contributed by atoms with E-state index in [-0.39, 0.29) is 0 Å². The van der Waals surface area contributed by atoms with E-state index in [0.29, 0.717) is 0 Å². The van der Waals surface area contributed by atoms with Crippen LogP contribution in [0.5, 0.6) is 0 Å². The number of piperazine rings is 1. The van der Waals surface area contributed by atoms with E-state index in [1.54, 1.807) is 0 Å². The Morgan fingerprint density at radius 3 is 2.00 bits per heavy atom. The Hall–Kier alpha value is -0.120. The van der Waals surface area contributed by atoms with Crippen LogP contribution in [0.25, 0.3) is 0 Å². The monoisotopic (exact) mass is 263 g/mol. The first kappa shape index (κ1) is 12.6. The lowest BCUT2D eigenvalue weighted by Gasteiger charge is -2.58. The molecule has 1 spiro atoms. The summed E-state index contributed by atoms with van der Waals surface area (Å²) >= 11 is 0. The van der Waals surface area contributed by atoms with Crippen molar-refractivity contribution >= 4 is 0 Å². The lowest BCUT2D eigenvalue weighted by molar-refractivity contribution is -0.0737. The van der Waals surface area contributed by atoms with Crippen molar-refractivity contribution in [3.63, 3.8) is 0 Å². The summed E-state index contributed by atoms with van der Waals surface area (Å²) in [4.78, 5) is 5.58. The maximum Gasteiger partial charge on any atom is 0.0346 e. The van der Waals surface area contributed by atoms with Crippen LogP contribution in [-0.2, 0) is 0 Å². The molecule has 3 nitrogen and oxygen atoms in total. The summed E-state index contributed by atoms with van der Waals surface area (Å²) in [6.45, 7) is 7.77. The zero-order valence-corrected chi connectivity index (χ0v) is 12.2. The smallest absolute Gasteiger partial charge is 0.0346 e. The van der Waals surface area contributed by atoms with Crippen molar-refractivity contribution in [3.8, 4) is 0 Å². The molecule has 0 aromatic heterocycles. The van der Waals surface area contributed by atoms with Gasteiger partial charge in [0, 0.05) is 51.4 Å². The van der Waals surface area contributed by atoms with Gasteiger partial charge in [-0.1, -0.05) is 19.3 Å². The van der Waals surface area contributed by atoms with Gasteiger partial charge in [-0.05, 0) is 31.1 Å². The minimum atomic E-state index is 0.762. The van der Waals surface area contributed by atoms with E-state index in [9.17, 15) is 0 Å². The van der Waals surface area contributed by atoms with Crippen LogP contribution in [0, 0.1) is 5.41 Å². The molecule has 2 aliphatic carbocycles. The van der Waals surface area contributed by atoms with Crippen molar-refractivity contribution in [2.75, 3.05) is 39.3 Å².